The number of hydrogen-bond donors (Lipinski definition) is 0. The van der Waals surface area contributed by atoms with Gasteiger partial charge in [-0.15, -0.1) is 0 Å². The average Bonchev–Trinajstić information content (AvgIpc) is 2.65. The molecule has 0 fully saturated rings. The Kier molecular flexibility index (Phi) is 6.89. The predicted octanol–water partition coefficient (Wildman–Crippen LogP) is 2.33. The molecule has 1 aromatic heterocycles. The summed E-state index contributed by atoms with van der Waals surface area (Å²) in [5, 5.41) is 0.220. The minimum atomic E-state index is -3.73. The lowest BCUT2D eigenvalue weighted by molar-refractivity contribution is -0.140. The van der Waals surface area contributed by atoms with Gasteiger partial charge in [-0.3, -0.25) is 9.10 Å². The summed E-state index contributed by atoms with van der Waals surface area (Å²) in [6.45, 7) is 1.75. The van der Waals surface area contributed by atoms with Gasteiger partial charge in [0, 0.05) is 13.0 Å². The first-order chi connectivity index (χ1) is 13.1. The fourth-order valence-electron chi connectivity index (χ4n) is 2.66. The van der Waals surface area contributed by atoms with Crippen molar-refractivity contribution >= 4 is 44.3 Å². The van der Waals surface area contributed by atoms with E-state index in [9.17, 15) is 13.2 Å². The van der Waals surface area contributed by atoms with Crippen LogP contribution in [0.25, 0.3) is 11.0 Å². The predicted molar refractivity (Wildman–Crippen MR) is 106 cm³/mol. The van der Waals surface area contributed by atoms with E-state index in [-0.39, 0.29) is 47.4 Å². The van der Waals surface area contributed by atoms with Gasteiger partial charge in [-0.25, -0.2) is 18.4 Å². The molecule has 0 amide bonds. The van der Waals surface area contributed by atoms with Crippen LogP contribution >= 0.6 is 11.6 Å². The van der Waals surface area contributed by atoms with Crippen molar-refractivity contribution < 1.29 is 27.4 Å². The molecule has 2 aromatic rings. The SMILES string of the molecule is COC(=O)CCCN(c1c(Cl)c(C)cc2nc(OC)c(OC)nc12)S(C)(=O)=O. The second-order valence-electron chi connectivity index (χ2n) is 5.98. The molecule has 154 valence electrons. The zero-order valence-corrected chi connectivity index (χ0v) is 17.8. The Bertz CT molecular complexity index is 996. The standard InChI is InChI=1S/C17H22ClN3O6S/c1-10-9-11-14(20-17(27-4)16(19-11)26-3)15(13(10)18)21(28(5,23)24)8-6-7-12(22)25-2/h9H,6-8H2,1-5H3. The van der Waals surface area contributed by atoms with Gasteiger partial charge in [-0.05, 0) is 25.0 Å². The molecule has 0 aliphatic heterocycles. The van der Waals surface area contributed by atoms with Crippen LogP contribution in [0.2, 0.25) is 5.02 Å². The number of nitrogens with zero attached hydrogens (tertiary/aromatic N) is 3. The van der Waals surface area contributed by atoms with E-state index in [1.807, 2.05) is 0 Å². The number of methoxy groups -OCH3 is 3. The number of sulfonamides is 1. The van der Waals surface area contributed by atoms with Crippen LogP contribution in [0.1, 0.15) is 18.4 Å². The third-order valence-electron chi connectivity index (χ3n) is 4.00. The van der Waals surface area contributed by atoms with Crippen molar-refractivity contribution in [1.82, 2.24) is 9.97 Å². The lowest BCUT2D eigenvalue weighted by Gasteiger charge is -2.25. The van der Waals surface area contributed by atoms with E-state index in [4.69, 9.17) is 21.1 Å². The van der Waals surface area contributed by atoms with E-state index >= 15 is 0 Å². The summed E-state index contributed by atoms with van der Waals surface area (Å²) >= 11 is 6.47. The number of ether oxygens (including phenoxy) is 3. The molecule has 0 spiro atoms. The molecule has 0 N–H and O–H groups in total. The van der Waals surface area contributed by atoms with Gasteiger partial charge in [-0.1, -0.05) is 11.6 Å². The maximum absolute atomic E-state index is 12.5. The summed E-state index contributed by atoms with van der Waals surface area (Å²) < 4.78 is 41.1. The molecule has 0 saturated heterocycles. The number of carbonyl (C=O) groups excluding carboxylic acids is 1. The van der Waals surface area contributed by atoms with Gasteiger partial charge in [0.05, 0.1) is 43.8 Å². The Morgan fingerprint density at radius 3 is 2.32 bits per heavy atom. The fraction of sp³-hybridized carbons (Fsp3) is 0.471. The minimum Gasteiger partial charge on any atom is -0.477 e. The summed E-state index contributed by atoms with van der Waals surface area (Å²) in [6.07, 6.45) is 1.36. The van der Waals surface area contributed by atoms with Crippen molar-refractivity contribution in [3.63, 3.8) is 0 Å². The van der Waals surface area contributed by atoms with Gasteiger partial charge in [0.2, 0.25) is 10.0 Å². The number of esters is 1. The van der Waals surface area contributed by atoms with Crippen LogP contribution in [0.3, 0.4) is 0 Å². The summed E-state index contributed by atoms with van der Waals surface area (Å²) in [7, 11) is 0.373. The zero-order chi connectivity index (χ0) is 21.1. The number of aryl methyl sites for hydroxylation is 1. The molecular formula is C17H22ClN3O6S. The van der Waals surface area contributed by atoms with Crippen LogP contribution in [-0.2, 0) is 19.6 Å². The number of aromatic nitrogens is 2. The number of carbonyl (C=O) groups is 1. The monoisotopic (exact) mass is 431 g/mol. The first-order valence-corrected chi connectivity index (χ1v) is 10.5. The number of hydrogen-bond acceptors (Lipinski definition) is 8. The first kappa shape index (κ1) is 22.0. The van der Waals surface area contributed by atoms with Crippen LogP contribution in [0.15, 0.2) is 6.07 Å². The molecule has 9 nitrogen and oxygen atoms in total. The largest absolute Gasteiger partial charge is 0.477 e. The first-order valence-electron chi connectivity index (χ1n) is 8.27. The molecule has 28 heavy (non-hydrogen) atoms. The molecule has 0 aliphatic carbocycles. The molecule has 0 aliphatic rings. The van der Waals surface area contributed by atoms with Gasteiger partial charge >= 0.3 is 5.97 Å². The highest BCUT2D eigenvalue weighted by Gasteiger charge is 2.26. The summed E-state index contributed by atoms with van der Waals surface area (Å²) in [4.78, 5) is 20.1. The van der Waals surface area contributed by atoms with Crippen LogP contribution in [0.4, 0.5) is 5.69 Å². The lowest BCUT2D eigenvalue weighted by atomic mass is 10.1. The maximum Gasteiger partial charge on any atom is 0.305 e. The Hall–Kier alpha value is -2.33. The summed E-state index contributed by atoms with van der Waals surface area (Å²) in [6, 6.07) is 1.69. The summed E-state index contributed by atoms with van der Waals surface area (Å²) in [5.41, 5.74) is 1.44. The number of rotatable bonds is 8. The van der Waals surface area contributed by atoms with Crippen LogP contribution in [0, 0.1) is 6.92 Å². The Labute approximate surface area is 168 Å². The van der Waals surface area contributed by atoms with Crippen molar-refractivity contribution in [2.75, 3.05) is 38.4 Å². The van der Waals surface area contributed by atoms with E-state index in [0.29, 0.717) is 11.1 Å². The van der Waals surface area contributed by atoms with Crippen LogP contribution in [-0.4, -0.2) is 58.5 Å². The average molecular weight is 432 g/mol. The number of benzene rings is 1. The third kappa shape index (κ3) is 4.56. The molecule has 0 bridgehead atoms. The van der Waals surface area contributed by atoms with E-state index in [1.165, 1.54) is 21.3 Å². The topological polar surface area (TPSA) is 108 Å². The highest BCUT2D eigenvalue weighted by atomic mass is 35.5. The second kappa shape index (κ2) is 8.78. The third-order valence-corrected chi connectivity index (χ3v) is 5.64. The molecule has 0 unspecified atom stereocenters. The van der Waals surface area contributed by atoms with Crippen molar-refractivity contribution in [3.05, 3.63) is 16.7 Å². The molecule has 1 aromatic carbocycles. The molecule has 0 atom stereocenters. The Morgan fingerprint density at radius 1 is 1.18 bits per heavy atom. The van der Waals surface area contributed by atoms with Crippen molar-refractivity contribution in [2.24, 2.45) is 0 Å². The second-order valence-corrected chi connectivity index (χ2v) is 8.27. The van der Waals surface area contributed by atoms with Crippen molar-refractivity contribution in [3.8, 4) is 11.8 Å². The fourth-order valence-corrected chi connectivity index (χ4v) is 3.92. The van der Waals surface area contributed by atoms with Gasteiger partial charge < -0.3 is 14.2 Å². The summed E-state index contributed by atoms with van der Waals surface area (Å²) in [5.74, 6) is -0.168. The van der Waals surface area contributed by atoms with E-state index in [0.717, 1.165) is 10.6 Å². The number of halogens is 1. The zero-order valence-electron chi connectivity index (χ0n) is 16.3. The molecule has 0 saturated carbocycles. The molecule has 11 heteroatoms. The Balaban J connectivity index is 2.68. The van der Waals surface area contributed by atoms with Crippen LogP contribution in [0.5, 0.6) is 11.8 Å². The van der Waals surface area contributed by atoms with E-state index in [1.54, 1.807) is 13.0 Å². The molecule has 1 heterocycles. The molecular weight excluding hydrogens is 410 g/mol. The highest BCUT2D eigenvalue weighted by Crippen LogP contribution is 2.39. The van der Waals surface area contributed by atoms with Crippen molar-refractivity contribution in [1.29, 1.82) is 0 Å². The quantitative estimate of drug-likeness (QED) is 0.586. The highest BCUT2D eigenvalue weighted by molar-refractivity contribution is 7.92. The smallest absolute Gasteiger partial charge is 0.305 e. The van der Waals surface area contributed by atoms with E-state index < -0.39 is 16.0 Å². The van der Waals surface area contributed by atoms with Gasteiger partial charge in [0.15, 0.2) is 0 Å². The van der Waals surface area contributed by atoms with Gasteiger partial charge in [0.1, 0.15) is 5.52 Å². The molecule has 0 radical (unpaired) electrons. The van der Waals surface area contributed by atoms with Crippen LogP contribution < -0.4 is 13.8 Å². The van der Waals surface area contributed by atoms with Gasteiger partial charge in [0.25, 0.3) is 11.8 Å². The maximum atomic E-state index is 12.5. The van der Waals surface area contributed by atoms with Crippen molar-refractivity contribution in [2.45, 2.75) is 19.8 Å². The number of anilines is 1. The minimum absolute atomic E-state index is 0.0161. The molecule has 2 rings (SSSR count). The number of fused-ring (bicyclic) bond motifs is 1. The van der Waals surface area contributed by atoms with E-state index in [2.05, 4.69) is 14.7 Å². The van der Waals surface area contributed by atoms with Gasteiger partial charge in [-0.2, -0.15) is 0 Å². The lowest BCUT2D eigenvalue weighted by Crippen LogP contribution is -2.32. The Morgan fingerprint density at radius 2 is 1.79 bits per heavy atom. The normalized spacial score (nSPS) is 11.4.